The second-order valence-corrected chi connectivity index (χ2v) is 8.05. The summed E-state index contributed by atoms with van der Waals surface area (Å²) < 4.78 is 19.6. The lowest BCUT2D eigenvalue weighted by atomic mass is 9.98. The number of hydrogen-bond acceptors (Lipinski definition) is 3. The van der Waals surface area contributed by atoms with E-state index in [9.17, 15) is 19.1 Å². The van der Waals surface area contributed by atoms with Gasteiger partial charge >= 0.3 is 12.1 Å². The molecule has 0 fully saturated rings. The molecule has 0 aliphatic heterocycles. The van der Waals surface area contributed by atoms with Crippen molar-refractivity contribution in [3.8, 4) is 11.1 Å². The molecular weight excluding hydrogens is 409 g/mol. The number of carboxylic acids is 1. The van der Waals surface area contributed by atoms with E-state index in [0.29, 0.717) is 16.7 Å². The Morgan fingerprint density at radius 2 is 1.59 bits per heavy atom. The van der Waals surface area contributed by atoms with Crippen LogP contribution in [-0.2, 0) is 16.0 Å². The van der Waals surface area contributed by atoms with Gasteiger partial charge in [0.25, 0.3) is 0 Å². The van der Waals surface area contributed by atoms with E-state index in [1.165, 1.54) is 0 Å². The second-order valence-electron chi connectivity index (χ2n) is 8.05. The molecule has 0 saturated heterocycles. The maximum absolute atomic E-state index is 14.2. The fraction of sp³-hybridized carbons (Fsp3) is 0.231. The van der Waals surface area contributed by atoms with Crippen LogP contribution in [-0.4, -0.2) is 29.8 Å². The van der Waals surface area contributed by atoms with Crippen molar-refractivity contribution in [3.63, 3.8) is 0 Å². The second kappa shape index (κ2) is 8.83. The average molecular weight is 433 g/mol. The van der Waals surface area contributed by atoms with Crippen LogP contribution in [0.2, 0.25) is 0 Å². The number of carbonyl (C=O) groups is 2. The lowest BCUT2D eigenvalue weighted by Crippen LogP contribution is -2.43. The predicted molar refractivity (Wildman–Crippen MR) is 119 cm³/mol. The predicted octanol–water partition coefficient (Wildman–Crippen LogP) is 4.98. The molecule has 0 bridgehead atoms. The number of benzene rings is 3. The zero-order valence-electron chi connectivity index (χ0n) is 17.9. The Balaban J connectivity index is 1.45. The van der Waals surface area contributed by atoms with Crippen LogP contribution < -0.4 is 5.32 Å². The topological polar surface area (TPSA) is 75.6 Å². The molecule has 164 valence electrons. The van der Waals surface area contributed by atoms with Crippen LogP contribution in [0.15, 0.2) is 60.7 Å². The highest BCUT2D eigenvalue weighted by atomic mass is 19.1. The van der Waals surface area contributed by atoms with E-state index in [1.54, 1.807) is 26.0 Å². The molecule has 0 radical (unpaired) electrons. The summed E-state index contributed by atoms with van der Waals surface area (Å²) in [6.45, 7) is 3.34. The summed E-state index contributed by atoms with van der Waals surface area (Å²) in [7, 11) is 0. The zero-order valence-corrected chi connectivity index (χ0v) is 17.9. The SMILES string of the molecule is Cc1ccc(CC(NC(=O)OCC2c3ccccc3-c3ccccc32)C(=O)O)c(C)c1F. The molecule has 0 saturated carbocycles. The molecular formula is C26H24FNO4. The average Bonchev–Trinajstić information content (AvgIpc) is 3.11. The van der Waals surface area contributed by atoms with Crippen LogP contribution in [0, 0.1) is 19.7 Å². The summed E-state index contributed by atoms with van der Waals surface area (Å²) in [5.74, 6) is -1.70. The first kappa shape index (κ1) is 21.6. The number of rotatable bonds is 6. The molecule has 3 aromatic rings. The fourth-order valence-electron chi connectivity index (χ4n) is 4.28. The van der Waals surface area contributed by atoms with Gasteiger partial charge in [0.05, 0.1) is 0 Å². The standard InChI is InChI=1S/C26H24FNO4/c1-15-11-12-17(16(2)24(15)27)13-23(25(29)30)28-26(31)32-14-22-20-9-5-3-7-18(20)19-8-4-6-10-21(19)22/h3-12,22-23H,13-14H2,1-2H3,(H,28,31)(H,29,30). The first-order valence-corrected chi connectivity index (χ1v) is 10.5. The molecule has 32 heavy (non-hydrogen) atoms. The summed E-state index contributed by atoms with van der Waals surface area (Å²) in [6, 6.07) is 18.0. The molecule has 5 nitrogen and oxygen atoms in total. The van der Waals surface area contributed by atoms with Crippen molar-refractivity contribution < 1.29 is 23.8 Å². The molecule has 1 aliphatic carbocycles. The molecule has 1 atom stereocenters. The largest absolute Gasteiger partial charge is 0.480 e. The summed E-state index contributed by atoms with van der Waals surface area (Å²) in [5.41, 5.74) is 5.76. The van der Waals surface area contributed by atoms with Crippen LogP contribution in [0.5, 0.6) is 0 Å². The molecule has 0 heterocycles. The van der Waals surface area contributed by atoms with Crippen LogP contribution in [0.3, 0.4) is 0 Å². The number of fused-ring (bicyclic) bond motifs is 3. The van der Waals surface area contributed by atoms with Gasteiger partial charge < -0.3 is 15.2 Å². The third-order valence-corrected chi connectivity index (χ3v) is 6.05. The van der Waals surface area contributed by atoms with Crippen LogP contribution in [0.1, 0.15) is 33.7 Å². The number of hydrogen-bond donors (Lipinski definition) is 2. The van der Waals surface area contributed by atoms with E-state index in [1.807, 2.05) is 48.5 Å². The number of alkyl carbamates (subject to hydrolysis) is 1. The highest BCUT2D eigenvalue weighted by Crippen LogP contribution is 2.44. The van der Waals surface area contributed by atoms with Crippen LogP contribution in [0.25, 0.3) is 11.1 Å². The van der Waals surface area contributed by atoms with Gasteiger partial charge in [-0.2, -0.15) is 0 Å². The smallest absolute Gasteiger partial charge is 0.407 e. The van der Waals surface area contributed by atoms with Crippen molar-refractivity contribution in [3.05, 3.63) is 94.3 Å². The molecule has 3 aromatic carbocycles. The Kier molecular flexibility index (Phi) is 5.95. The Morgan fingerprint density at radius 1 is 1.00 bits per heavy atom. The molecule has 1 amide bonds. The maximum Gasteiger partial charge on any atom is 0.407 e. The van der Waals surface area contributed by atoms with Gasteiger partial charge in [0.15, 0.2) is 0 Å². The first-order chi connectivity index (χ1) is 15.4. The summed E-state index contributed by atoms with van der Waals surface area (Å²) >= 11 is 0. The number of aryl methyl sites for hydroxylation is 1. The molecule has 1 unspecified atom stereocenters. The number of carbonyl (C=O) groups excluding carboxylic acids is 1. The van der Waals surface area contributed by atoms with Crippen LogP contribution >= 0.6 is 0 Å². The quantitative estimate of drug-likeness (QED) is 0.575. The van der Waals surface area contributed by atoms with Gasteiger partial charge in [-0.1, -0.05) is 60.7 Å². The first-order valence-electron chi connectivity index (χ1n) is 10.5. The number of aliphatic carboxylic acids is 1. The summed E-state index contributed by atoms with van der Waals surface area (Å²) in [6.07, 6.45) is -0.854. The van der Waals surface area contributed by atoms with Crippen molar-refractivity contribution in [2.45, 2.75) is 32.2 Å². The van der Waals surface area contributed by atoms with Gasteiger partial charge in [-0.3, -0.25) is 0 Å². The van der Waals surface area contributed by atoms with Crippen molar-refractivity contribution in [1.29, 1.82) is 0 Å². The lowest BCUT2D eigenvalue weighted by Gasteiger charge is -2.18. The minimum atomic E-state index is -1.23. The molecule has 2 N–H and O–H groups in total. The van der Waals surface area contributed by atoms with Gasteiger partial charge in [0.1, 0.15) is 18.5 Å². The molecule has 0 spiro atoms. The Hall–Kier alpha value is -3.67. The fourth-order valence-corrected chi connectivity index (χ4v) is 4.28. The Morgan fingerprint density at radius 3 is 2.19 bits per heavy atom. The van der Waals surface area contributed by atoms with Crippen molar-refractivity contribution in [2.24, 2.45) is 0 Å². The summed E-state index contributed by atoms with van der Waals surface area (Å²) in [4.78, 5) is 24.2. The number of ether oxygens (including phenoxy) is 1. The Labute approximate surface area is 185 Å². The number of carboxylic acid groups (broad SMARTS) is 1. The maximum atomic E-state index is 14.2. The van der Waals surface area contributed by atoms with E-state index in [4.69, 9.17) is 4.74 Å². The number of halogens is 1. The highest BCUT2D eigenvalue weighted by Gasteiger charge is 2.30. The van der Waals surface area contributed by atoms with Crippen LogP contribution in [0.4, 0.5) is 9.18 Å². The van der Waals surface area contributed by atoms with Crippen molar-refractivity contribution >= 4 is 12.1 Å². The third-order valence-electron chi connectivity index (χ3n) is 6.05. The molecule has 1 aliphatic rings. The Bertz CT molecular complexity index is 1140. The molecule has 6 heteroatoms. The van der Waals surface area contributed by atoms with Crippen molar-refractivity contribution in [1.82, 2.24) is 5.32 Å². The number of nitrogens with one attached hydrogen (secondary N) is 1. The van der Waals surface area contributed by atoms with E-state index in [-0.39, 0.29) is 24.8 Å². The van der Waals surface area contributed by atoms with Gasteiger partial charge in [-0.05, 0) is 52.8 Å². The normalized spacial score (nSPS) is 13.2. The third kappa shape index (κ3) is 4.08. The molecule has 0 aromatic heterocycles. The molecule has 4 rings (SSSR count). The van der Waals surface area contributed by atoms with Gasteiger partial charge in [0.2, 0.25) is 0 Å². The van der Waals surface area contributed by atoms with Gasteiger partial charge in [-0.15, -0.1) is 0 Å². The monoisotopic (exact) mass is 433 g/mol. The minimum Gasteiger partial charge on any atom is -0.480 e. The van der Waals surface area contributed by atoms with Gasteiger partial charge in [-0.25, -0.2) is 14.0 Å². The zero-order chi connectivity index (χ0) is 22.8. The lowest BCUT2D eigenvalue weighted by molar-refractivity contribution is -0.139. The van der Waals surface area contributed by atoms with E-state index < -0.39 is 18.1 Å². The van der Waals surface area contributed by atoms with Gasteiger partial charge in [0, 0.05) is 12.3 Å². The number of amides is 1. The van der Waals surface area contributed by atoms with E-state index in [0.717, 1.165) is 22.3 Å². The summed E-state index contributed by atoms with van der Waals surface area (Å²) in [5, 5.41) is 12.0. The highest BCUT2D eigenvalue weighted by molar-refractivity contribution is 5.81. The van der Waals surface area contributed by atoms with Crippen molar-refractivity contribution in [2.75, 3.05) is 6.61 Å². The van der Waals surface area contributed by atoms with E-state index >= 15 is 0 Å². The minimum absolute atomic E-state index is 0.0391. The van der Waals surface area contributed by atoms with E-state index in [2.05, 4.69) is 5.32 Å².